The van der Waals surface area contributed by atoms with Gasteiger partial charge in [0, 0.05) is 46.3 Å². The van der Waals surface area contributed by atoms with Crippen molar-refractivity contribution in [2.45, 2.75) is 33.2 Å². The van der Waals surface area contributed by atoms with Gasteiger partial charge < -0.3 is 9.09 Å². The van der Waals surface area contributed by atoms with E-state index in [9.17, 15) is 0 Å². The Morgan fingerprint density at radius 2 is 1.67 bits per heavy atom. The number of aromatic nitrogens is 3. The van der Waals surface area contributed by atoms with Gasteiger partial charge in [-0.05, 0) is 79.6 Å². The van der Waals surface area contributed by atoms with Gasteiger partial charge in [-0.2, -0.15) is 0 Å². The zero-order valence-corrected chi connectivity index (χ0v) is 17.2. The largest absolute Gasteiger partial charge is 0.361 e. The molecule has 2 aromatic carbocycles. The predicted octanol–water partition coefficient (Wildman–Crippen LogP) is 6.54. The molecule has 5 aromatic rings. The van der Waals surface area contributed by atoms with E-state index >= 15 is 0 Å². The molecule has 4 heteroatoms. The second-order valence-corrected chi connectivity index (χ2v) is 8.45. The molecule has 1 aliphatic rings. The Bertz CT molecular complexity index is 1370. The van der Waals surface area contributed by atoms with E-state index in [-0.39, 0.29) is 0 Å². The zero-order valence-electron chi connectivity index (χ0n) is 17.2. The molecule has 30 heavy (non-hydrogen) atoms. The summed E-state index contributed by atoms with van der Waals surface area (Å²) in [5.74, 6) is 1.67. The average molecular weight is 393 g/mol. The van der Waals surface area contributed by atoms with E-state index in [4.69, 9.17) is 4.52 Å². The molecular weight excluding hydrogens is 370 g/mol. The molecule has 3 heterocycles. The summed E-state index contributed by atoms with van der Waals surface area (Å²) in [4.78, 5) is 4.16. The number of aryl methyl sites for hydroxylation is 2. The van der Waals surface area contributed by atoms with Crippen LogP contribution in [0.1, 0.15) is 24.3 Å². The number of pyridine rings is 1. The number of hydrogen-bond acceptors (Lipinski definition) is 3. The molecule has 0 N–H and O–H groups in total. The van der Waals surface area contributed by atoms with E-state index < -0.39 is 0 Å². The summed E-state index contributed by atoms with van der Waals surface area (Å²) < 4.78 is 7.94. The van der Waals surface area contributed by atoms with Crippen molar-refractivity contribution >= 4 is 21.8 Å². The third kappa shape index (κ3) is 2.75. The molecule has 0 saturated heterocycles. The summed E-state index contributed by atoms with van der Waals surface area (Å²) >= 11 is 0. The second-order valence-electron chi connectivity index (χ2n) is 8.45. The molecule has 4 nitrogen and oxygen atoms in total. The van der Waals surface area contributed by atoms with Crippen LogP contribution in [0.2, 0.25) is 0 Å². The third-order valence-electron chi connectivity index (χ3n) is 6.34. The first-order chi connectivity index (χ1) is 14.7. The average Bonchev–Trinajstić information content (AvgIpc) is 3.47. The van der Waals surface area contributed by atoms with E-state index in [1.165, 1.54) is 51.3 Å². The molecule has 0 spiro atoms. The third-order valence-corrected chi connectivity index (χ3v) is 6.34. The van der Waals surface area contributed by atoms with Gasteiger partial charge in [0.05, 0.1) is 5.69 Å². The van der Waals surface area contributed by atoms with Gasteiger partial charge in [0.2, 0.25) is 0 Å². The summed E-state index contributed by atoms with van der Waals surface area (Å²) in [6.45, 7) is 5.08. The van der Waals surface area contributed by atoms with Crippen LogP contribution in [0.15, 0.2) is 65.4 Å². The molecule has 1 fully saturated rings. The minimum Gasteiger partial charge on any atom is -0.361 e. The van der Waals surface area contributed by atoms with Crippen LogP contribution in [0, 0.1) is 19.8 Å². The van der Waals surface area contributed by atoms with Crippen LogP contribution in [0.4, 0.5) is 0 Å². The zero-order chi connectivity index (χ0) is 20.2. The van der Waals surface area contributed by atoms with Crippen molar-refractivity contribution in [3.05, 3.63) is 72.4 Å². The Balaban J connectivity index is 1.60. The molecule has 1 aliphatic carbocycles. The standard InChI is InChI=1S/C26H23N3O/c1-16-26(17(2)30-28-16)21-6-8-24-23(13-21)22-7-5-20(19-9-11-27-12-10-19)14-25(22)29(24)15-18-3-4-18/h5-14,18H,3-4,15H2,1-2H3. The number of fused-ring (bicyclic) bond motifs is 3. The number of hydrogen-bond donors (Lipinski definition) is 0. The summed E-state index contributed by atoms with van der Waals surface area (Å²) in [7, 11) is 0. The van der Waals surface area contributed by atoms with E-state index in [0.29, 0.717) is 0 Å². The maximum atomic E-state index is 5.42. The Morgan fingerprint density at radius 1 is 0.867 bits per heavy atom. The highest BCUT2D eigenvalue weighted by molar-refractivity contribution is 6.10. The van der Waals surface area contributed by atoms with Crippen LogP contribution in [0.3, 0.4) is 0 Å². The molecule has 6 rings (SSSR count). The maximum absolute atomic E-state index is 5.42. The molecular formula is C26H23N3O. The lowest BCUT2D eigenvalue weighted by Crippen LogP contribution is -1.99. The Kier molecular flexibility index (Phi) is 3.82. The number of rotatable bonds is 4. The van der Waals surface area contributed by atoms with Gasteiger partial charge in [0.25, 0.3) is 0 Å². The first-order valence-corrected chi connectivity index (χ1v) is 10.6. The fourth-order valence-electron chi connectivity index (χ4n) is 4.63. The van der Waals surface area contributed by atoms with Crippen LogP contribution in [0.25, 0.3) is 44.1 Å². The van der Waals surface area contributed by atoms with Crippen LogP contribution in [0.5, 0.6) is 0 Å². The minimum absolute atomic E-state index is 0.802. The highest BCUT2D eigenvalue weighted by Crippen LogP contribution is 2.39. The van der Waals surface area contributed by atoms with E-state index in [0.717, 1.165) is 29.5 Å². The Labute approximate surface area is 175 Å². The lowest BCUT2D eigenvalue weighted by molar-refractivity contribution is 0.393. The van der Waals surface area contributed by atoms with Gasteiger partial charge >= 0.3 is 0 Å². The van der Waals surface area contributed by atoms with E-state index in [1.807, 2.05) is 26.2 Å². The summed E-state index contributed by atoms with van der Waals surface area (Å²) in [6.07, 6.45) is 6.38. The summed E-state index contributed by atoms with van der Waals surface area (Å²) in [5.41, 5.74) is 8.26. The maximum Gasteiger partial charge on any atom is 0.141 e. The van der Waals surface area contributed by atoms with Gasteiger partial charge in [-0.1, -0.05) is 23.4 Å². The van der Waals surface area contributed by atoms with Crippen molar-refractivity contribution in [3.8, 4) is 22.3 Å². The molecule has 0 bridgehead atoms. The fourth-order valence-corrected chi connectivity index (χ4v) is 4.63. The van der Waals surface area contributed by atoms with Gasteiger partial charge in [-0.25, -0.2) is 0 Å². The van der Waals surface area contributed by atoms with Crippen molar-refractivity contribution in [1.29, 1.82) is 0 Å². The van der Waals surface area contributed by atoms with Crippen LogP contribution in [-0.4, -0.2) is 14.7 Å². The molecule has 148 valence electrons. The molecule has 0 unspecified atom stereocenters. The molecule has 0 aliphatic heterocycles. The number of nitrogens with zero attached hydrogens (tertiary/aromatic N) is 3. The number of benzene rings is 2. The highest BCUT2D eigenvalue weighted by atomic mass is 16.5. The highest BCUT2D eigenvalue weighted by Gasteiger charge is 2.24. The topological polar surface area (TPSA) is 43.9 Å². The lowest BCUT2D eigenvalue weighted by atomic mass is 10.0. The SMILES string of the molecule is Cc1noc(C)c1-c1ccc2c(c1)c1ccc(-c3ccncc3)cc1n2CC1CC1. The van der Waals surface area contributed by atoms with Crippen molar-refractivity contribution in [3.63, 3.8) is 0 Å². The van der Waals surface area contributed by atoms with E-state index in [1.54, 1.807) is 0 Å². The smallest absolute Gasteiger partial charge is 0.141 e. The Hall–Kier alpha value is -3.40. The van der Waals surface area contributed by atoms with Crippen LogP contribution < -0.4 is 0 Å². The lowest BCUT2D eigenvalue weighted by Gasteiger charge is -2.08. The fraction of sp³-hybridized carbons (Fsp3) is 0.231. The molecule has 0 atom stereocenters. The minimum atomic E-state index is 0.802. The van der Waals surface area contributed by atoms with Crippen molar-refractivity contribution < 1.29 is 4.52 Å². The monoisotopic (exact) mass is 393 g/mol. The van der Waals surface area contributed by atoms with E-state index in [2.05, 4.69) is 63.2 Å². The first-order valence-electron chi connectivity index (χ1n) is 10.6. The van der Waals surface area contributed by atoms with Gasteiger partial charge in [-0.15, -0.1) is 0 Å². The van der Waals surface area contributed by atoms with Crippen molar-refractivity contribution in [2.24, 2.45) is 5.92 Å². The molecule has 0 amide bonds. The van der Waals surface area contributed by atoms with Gasteiger partial charge in [-0.3, -0.25) is 4.98 Å². The second kappa shape index (κ2) is 6.56. The predicted molar refractivity (Wildman–Crippen MR) is 120 cm³/mol. The quantitative estimate of drug-likeness (QED) is 0.348. The Morgan fingerprint density at radius 3 is 2.40 bits per heavy atom. The summed E-state index contributed by atoms with van der Waals surface area (Å²) in [6, 6.07) is 17.8. The molecule has 1 saturated carbocycles. The van der Waals surface area contributed by atoms with Gasteiger partial charge in [0.1, 0.15) is 5.76 Å². The normalized spacial score (nSPS) is 14.1. The molecule has 3 aromatic heterocycles. The molecule has 0 radical (unpaired) electrons. The van der Waals surface area contributed by atoms with Crippen molar-refractivity contribution in [1.82, 2.24) is 14.7 Å². The summed E-state index contributed by atoms with van der Waals surface area (Å²) in [5, 5.41) is 6.75. The van der Waals surface area contributed by atoms with Gasteiger partial charge in [0.15, 0.2) is 0 Å². The van der Waals surface area contributed by atoms with Crippen LogP contribution in [-0.2, 0) is 6.54 Å². The van der Waals surface area contributed by atoms with Crippen LogP contribution >= 0.6 is 0 Å². The first kappa shape index (κ1) is 17.5. The van der Waals surface area contributed by atoms with Crippen molar-refractivity contribution in [2.75, 3.05) is 0 Å².